The van der Waals surface area contributed by atoms with E-state index in [0.717, 1.165) is 0 Å². The molecular formula is C14H17N. The van der Waals surface area contributed by atoms with Crippen molar-refractivity contribution in [2.24, 2.45) is 0 Å². The number of nitrogens with one attached hydrogen (secondary N) is 1. The molecule has 78 valence electrons. The van der Waals surface area contributed by atoms with Crippen molar-refractivity contribution in [2.75, 3.05) is 5.32 Å². The fourth-order valence-electron chi connectivity index (χ4n) is 1.98. The smallest absolute Gasteiger partial charge is 0.0488 e. The summed E-state index contributed by atoms with van der Waals surface area (Å²) >= 11 is 0. The lowest BCUT2D eigenvalue weighted by atomic mass is 9.93. The fourth-order valence-corrected chi connectivity index (χ4v) is 1.98. The van der Waals surface area contributed by atoms with Crippen LogP contribution in [0.5, 0.6) is 0 Å². The van der Waals surface area contributed by atoms with Crippen LogP contribution < -0.4 is 5.32 Å². The second-order valence-electron chi connectivity index (χ2n) is 4.02. The van der Waals surface area contributed by atoms with Crippen molar-refractivity contribution in [3.05, 3.63) is 47.1 Å². The predicted molar refractivity (Wildman–Crippen MR) is 66.9 cm³/mol. The second-order valence-corrected chi connectivity index (χ2v) is 4.02. The molecule has 0 saturated carbocycles. The van der Waals surface area contributed by atoms with Crippen molar-refractivity contribution in [3.63, 3.8) is 0 Å². The molecule has 0 saturated heterocycles. The molecule has 1 aliphatic rings. The number of hydrogen-bond acceptors (Lipinski definition) is 1. The normalized spacial score (nSPS) is 20.3. The van der Waals surface area contributed by atoms with Gasteiger partial charge in [-0.25, -0.2) is 0 Å². The fraction of sp³-hybridized carbons (Fsp3) is 0.286. The van der Waals surface area contributed by atoms with Crippen molar-refractivity contribution in [3.8, 4) is 0 Å². The Morgan fingerprint density at radius 3 is 2.80 bits per heavy atom. The van der Waals surface area contributed by atoms with Gasteiger partial charge in [-0.15, -0.1) is 0 Å². The van der Waals surface area contributed by atoms with Crippen LogP contribution in [0.15, 0.2) is 41.5 Å². The van der Waals surface area contributed by atoms with Crippen LogP contribution in [0.1, 0.15) is 26.3 Å². The maximum Gasteiger partial charge on any atom is 0.0488 e. The van der Waals surface area contributed by atoms with Gasteiger partial charge in [0.25, 0.3) is 0 Å². The molecule has 0 radical (unpaired) electrons. The quantitative estimate of drug-likeness (QED) is 0.724. The summed E-state index contributed by atoms with van der Waals surface area (Å²) in [6, 6.07) is 8.83. The minimum Gasteiger partial charge on any atom is -0.378 e. The van der Waals surface area contributed by atoms with Crippen molar-refractivity contribution >= 4 is 11.8 Å². The van der Waals surface area contributed by atoms with E-state index in [9.17, 15) is 0 Å². The molecule has 0 aliphatic carbocycles. The van der Waals surface area contributed by atoms with Gasteiger partial charge in [0, 0.05) is 11.7 Å². The monoisotopic (exact) mass is 199 g/mol. The van der Waals surface area contributed by atoms with Gasteiger partial charge in [0.1, 0.15) is 0 Å². The first-order valence-corrected chi connectivity index (χ1v) is 5.43. The molecule has 1 heteroatoms. The number of para-hydroxylation sites is 1. The largest absolute Gasteiger partial charge is 0.378 e. The molecule has 0 aromatic heterocycles. The number of hydrogen-bond donors (Lipinski definition) is 1. The van der Waals surface area contributed by atoms with E-state index in [1.54, 1.807) is 0 Å². The third kappa shape index (κ3) is 1.82. The van der Waals surface area contributed by atoms with Gasteiger partial charge in [-0.2, -0.15) is 0 Å². The Bertz CT molecular complexity index is 427. The zero-order valence-electron chi connectivity index (χ0n) is 9.54. The summed E-state index contributed by atoms with van der Waals surface area (Å²) < 4.78 is 0. The summed E-state index contributed by atoms with van der Waals surface area (Å²) in [6.07, 6.45) is 4.45. The minimum absolute atomic E-state index is 0.399. The van der Waals surface area contributed by atoms with E-state index in [1.807, 2.05) is 0 Å². The van der Waals surface area contributed by atoms with E-state index in [-0.39, 0.29) is 0 Å². The van der Waals surface area contributed by atoms with Crippen LogP contribution in [-0.2, 0) is 0 Å². The Kier molecular flexibility index (Phi) is 2.63. The zero-order valence-corrected chi connectivity index (χ0v) is 9.54. The first-order valence-electron chi connectivity index (χ1n) is 5.43. The summed E-state index contributed by atoms with van der Waals surface area (Å²) in [7, 11) is 0. The highest BCUT2D eigenvalue weighted by molar-refractivity contribution is 5.75. The van der Waals surface area contributed by atoms with E-state index >= 15 is 0 Å². The summed E-state index contributed by atoms with van der Waals surface area (Å²) in [6.45, 7) is 6.45. The second kappa shape index (κ2) is 3.93. The maximum absolute atomic E-state index is 3.52. The molecule has 0 spiro atoms. The van der Waals surface area contributed by atoms with Crippen molar-refractivity contribution < 1.29 is 0 Å². The van der Waals surface area contributed by atoms with Crippen molar-refractivity contribution in [1.29, 1.82) is 0 Å². The Labute approximate surface area is 91.5 Å². The summed E-state index contributed by atoms with van der Waals surface area (Å²) in [5.41, 5.74) is 5.25. The van der Waals surface area contributed by atoms with Crippen LogP contribution in [0.3, 0.4) is 0 Å². The molecule has 15 heavy (non-hydrogen) atoms. The van der Waals surface area contributed by atoms with Gasteiger partial charge in [0.2, 0.25) is 0 Å². The predicted octanol–water partition coefficient (Wildman–Crippen LogP) is 3.85. The van der Waals surface area contributed by atoms with E-state index < -0.39 is 0 Å². The lowest BCUT2D eigenvalue weighted by Gasteiger charge is -2.26. The number of fused-ring (bicyclic) bond motifs is 1. The zero-order chi connectivity index (χ0) is 10.8. The molecule has 1 N–H and O–H groups in total. The molecule has 1 unspecified atom stereocenters. The Morgan fingerprint density at radius 1 is 1.33 bits per heavy atom. The number of anilines is 1. The standard InChI is InChI=1S/C14H17N/c1-4-10(2)13-9-12-7-5-6-8-14(12)15-11(13)3/h4-9,11,15H,1-3H3/b10-4+. The molecule has 1 aromatic carbocycles. The summed E-state index contributed by atoms with van der Waals surface area (Å²) in [4.78, 5) is 0. The Morgan fingerprint density at radius 2 is 2.07 bits per heavy atom. The number of benzene rings is 1. The molecule has 1 aromatic rings. The van der Waals surface area contributed by atoms with E-state index in [0.29, 0.717) is 6.04 Å². The molecule has 0 bridgehead atoms. The van der Waals surface area contributed by atoms with Gasteiger partial charge < -0.3 is 5.32 Å². The van der Waals surface area contributed by atoms with Gasteiger partial charge in [-0.05, 0) is 44.1 Å². The van der Waals surface area contributed by atoms with Gasteiger partial charge >= 0.3 is 0 Å². The Hall–Kier alpha value is -1.50. The third-order valence-corrected chi connectivity index (χ3v) is 3.00. The molecule has 1 atom stereocenters. The average Bonchev–Trinajstić information content (AvgIpc) is 2.27. The van der Waals surface area contributed by atoms with Gasteiger partial charge in [-0.1, -0.05) is 29.8 Å². The van der Waals surface area contributed by atoms with Crippen LogP contribution in [-0.4, -0.2) is 6.04 Å². The number of rotatable bonds is 1. The molecule has 1 heterocycles. The summed E-state index contributed by atoms with van der Waals surface area (Å²) in [5.74, 6) is 0. The first kappa shape index (κ1) is 10.0. The molecule has 0 fully saturated rings. The molecule has 2 rings (SSSR count). The lowest BCUT2D eigenvalue weighted by molar-refractivity contribution is 0.927. The molecular weight excluding hydrogens is 182 g/mol. The number of allylic oxidation sites excluding steroid dienone is 1. The van der Waals surface area contributed by atoms with E-state index in [2.05, 4.69) is 62.5 Å². The van der Waals surface area contributed by atoms with Gasteiger partial charge in [-0.3, -0.25) is 0 Å². The highest BCUT2D eigenvalue weighted by Gasteiger charge is 2.16. The molecule has 1 nitrogen and oxygen atoms in total. The van der Waals surface area contributed by atoms with Gasteiger partial charge in [0.05, 0.1) is 0 Å². The molecule has 1 aliphatic heterocycles. The van der Waals surface area contributed by atoms with Crippen molar-refractivity contribution in [1.82, 2.24) is 0 Å². The first-order chi connectivity index (χ1) is 7.22. The van der Waals surface area contributed by atoms with E-state index in [4.69, 9.17) is 0 Å². The maximum atomic E-state index is 3.52. The average molecular weight is 199 g/mol. The third-order valence-electron chi connectivity index (χ3n) is 3.00. The van der Waals surface area contributed by atoms with Crippen LogP contribution >= 0.6 is 0 Å². The highest BCUT2D eigenvalue weighted by Crippen LogP contribution is 2.29. The van der Waals surface area contributed by atoms with Crippen LogP contribution in [0.4, 0.5) is 5.69 Å². The van der Waals surface area contributed by atoms with Gasteiger partial charge in [0.15, 0.2) is 0 Å². The van der Waals surface area contributed by atoms with Crippen LogP contribution in [0, 0.1) is 0 Å². The van der Waals surface area contributed by atoms with Crippen LogP contribution in [0.25, 0.3) is 6.08 Å². The van der Waals surface area contributed by atoms with E-state index in [1.165, 1.54) is 22.4 Å². The van der Waals surface area contributed by atoms with Crippen molar-refractivity contribution in [2.45, 2.75) is 26.8 Å². The molecule has 0 amide bonds. The topological polar surface area (TPSA) is 12.0 Å². The Balaban J connectivity index is 2.47. The highest BCUT2D eigenvalue weighted by atomic mass is 14.9. The SMILES string of the molecule is C/C=C(\C)C1=Cc2ccccc2NC1C. The minimum atomic E-state index is 0.399. The lowest BCUT2D eigenvalue weighted by Crippen LogP contribution is -2.22. The van der Waals surface area contributed by atoms with Crippen LogP contribution in [0.2, 0.25) is 0 Å². The summed E-state index contributed by atoms with van der Waals surface area (Å²) in [5, 5.41) is 3.52.